The van der Waals surface area contributed by atoms with Gasteiger partial charge in [-0.3, -0.25) is 0 Å². The molecule has 0 nitrogen and oxygen atoms in total. The summed E-state index contributed by atoms with van der Waals surface area (Å²) in [6.45, 7) is 5.44. The van der Waals surface area contributed by atoms with Gasteiger partial charge >= 0.3 is 0 Å². The van der Waals surface area contributed by atoms with Gasteiger partial charge in [-0.2, -0.15) is 0 Å². The molecule has 1 radical (unpaired) electrons. The average molecular weight is 147 g/mol. The van der Waals surface area contributed by atoms with Crippen LogP contribution in [0.25, 0.3) is 6.08 Å². The molecule has 0 heterocycles. The second-order valence-electron chi connectivity index (χ2n) is 2.31. The Balaban J connectivity index is 3.11. The fourth-order valence-electron chi connectivity index (χ4n) is 0.920. The van der Waals surface area contributed by atoms with Crippen LogP contribution in [0, 0.1) is 5.82 Å². The van der Waals surface area contributed by atoms with Gasteiger partial charge in [0.1, 0.15) is 13.1 Å². The van der Waals surface area contributed by atoms with Crippen molar-refractivity contribution < 1.29 is 4.39 Å². The quantitative estimate of drug-likeness (QED) is 0.560. The van der Waals surface area contributed by atoms with Crippen molar-refractivity contribution in [2.24, 2.45) is 0 Å². The molecule has 0 atom stereocenters. The Bertz CT molecular complexity index is 268. The van der Waals surface area contributed by atoms with Crippen molar-refractivity contribution in [3.8, 4) is 0 Å². The summed E-state index contributed by atoms with van der Waals surface area (Å²) in [5, 5.41) is 0. The summed E-state index contributed by atoms with van der Waals surface area (Å²) in [6, 6.07) is 4.84. The number of hydrogen-bond donors (Lipinski definition) is 0. The largest absolute Gasteiger partial charge is 0.207 e. The molecule has 0 saturated heterocycles. The smallest absolute Gasteiger partial charge is 0.148 e. The first-order chi connectivity index (χ1) is 5.26. The SMILES string of the molecule is C=Cc1cc(F)cc([B]C)c1. The minimum atomic E-state index is -0.212. The number of halogens is 1. The molecule has 0 spiro atoms. The van der Waals surface area contributed by atoms with Gasteiger partial charge < -0.3 is 0 Å². The Hall–Kier alpha value is -1.05. The van der Waals surface area contributed by atoms with E-state index in [0.717, 1.165) is 11.0 Å². The summed E-state index contributed by atoms with van der Waals surface area (Å²) < 4.78 is 12.7. The van der Waals surface area contributed by atoms with E-state index in [1.54, 1.807) is 6.08 Å². The van der Waals surface area contributed by atoms with Crippen LogP contribution in [0.1, 0.15) is 5.56 Å². The zero-order valence-electron chi connectivity index (χ0n) is 6.47. The third-order valence-corrected chi connectivity index (χ3v) is 1.51. The molecule has 0 N–H and O–H groups in total. The van der Waals surface area contributed by atoms with Crippen molar-refractivity contribution in [1.29, 1.82) is 0 Å². The molecule has 1 rings (SSSR count). The van der Waals surface area contributed by atoms with Crippen LogP contribution in [0.2, 0.25) is 6.82 Å². The van der Waals surface area contributed by atoms with Crippen LogP contribution in [0.3, 0.4) is 0 Å². The summed E-state index contributed by atoms with van der Waals surface area (Å²) in [5.74, 6) is -0.212. The monoisotopic (exact) mass is 147 g/mol. The number of benzene rings is 1. The van der Waals surface area contributed by atoms with Crippen LogP contribution in [0.15, 0.2) is 24.8 Å². The van der Waals surface area contributed by atoms with Gasteiger partial charge in [-0.15, -0.1) is 0 Å². The molecule has 0 aliphatic rings. The van der Waals surface area contributed by atoms with E-state index in [2.05, 4.69) is 6.58 Å². The molecule has 0 aliphatic carbocycles. The first-order valence-electron chi connectivity index (χ1n) is 3.48. The lowest BCUT2D eigenvalue weighted by Crippen LogP contribution is -2.11. The van der Waals surface area contributed by atoms with Gasteiger partial charge in [0.15, 0.2) is 0 Å². The molecular formula is C9H9BF. The highest BCUT2D eigenvalue weighted by molar-refractivity contribution is 6.51. The van der Waals surface area contributed by atoms with Crippen molar-refractivity contribution >= 4 is 18.8 Å². The van der Waals surface area contributed by atoms with E-state index in [4.69, 9.17) is 0 Å². The van der Waals surface area contributed by atoms with Crippen molar-refractivity contribution in [2.45, 2.75) is 6.82 Å². The lowest BCUT2D eigenvalue weighted by molar-refractivity contribution is 0.628. The van der Waals surface area contributed by atoms with Gasteiger partial charge in [0, 0.05) is 0 Å². The minimum Gasteiger partial charge on any atom is -0.207 e. The Morgan fingerprint density at radius 3 is 2.73 bits per heavy atom. The van der Waals surface area contributed by atoms with Crippen LogP contribution < -0.4 is 5.46 Å². The maximum Gasteiger partial charge on any atom is 0.148 e. The molecular weight excluding hydrogens is 138 g/mol. The van der Waals surface area contributed by atoms with Crippen molar-refractivity contribution in [3.05, 3.63) is 36.2 Å². The van der Waals surface area contributed by atoms with E-state index in [-0.39, 0.29) is 5.82 Å². The molecule has 55 valence electrons. The molecule has 2 heteroatoms. The Labute approximate surface area is 67.0 Å². The predicted molar refractivity (Wildman–Crippen MR) is 47.7 cm³/mol. The Morgan fingerprint density at radius 2 is 2.18 bits per heavy atom. The van der Waals surface area contributed by atoms with E-state index in [9.17, 15) is 4.39 Å². The predicted octanol–water partition coefficient (Wildman–Crippen LogP) is 1.85. The fraction of sp³-hybridized carbons (Fsp3) is 0.111. The van der Waals surface area contributed by atoms with Crippen molar-refractivity contribution in [2.75, 3.05) is 0 Å². The molecule has 0 aliphatic heterocycles. The van der Waals surface area contributed by atoms with Crippen LogP contribution in [0.5, 0.6) is 0 Å². The highest BCUT2D eigenvalue weighted by atomic mass is 19.1. The molecule has 0 aromatic heterocycles. The minimum absolute atomic E-state index is 0.212. The van der Waals surface area contributed by atoms with Crippen molar-refractivity contribution in [1.82, 2.24) is 0 Å². The highest BCUT2D eigenvalue weighted by Gasteiger charge is 1.95. The number of hydrogen-bond acceptors (Lipinski definition) is 0. The summed E-state index contributed by atoms with van der Waals surface area (Å²) in [5.41, 5.74) is 1.71. The standard InChI is InChI=1S/C9H9BF/c1-3-7-4-8(10-2)6-9(11)5-7/h3-6H,1H2,2H3. The van der Waals surface area contributed by atoms with Gasteiger partial charge in [0.25, 0.3) is 0 Å². The van der Waals surface area contributed by atoms with Gasteiger partial charge in [-0.25, -0.2) is 4.39 Å². The molecule has 0 amide bonds. The Morgan fingerprint density at radius 1 is 1.45 bits per heavy atom. The number of rotatable bonds is 2. The van der Waals surface area contributed by atoms with Gasteiger partial charge in [0.05, 0.1) is 0 Å². The van der Waals surface area contributed by atoms with Crippen LogP contribution in [0.4, 0.5) is 4.39 Å². The first-order valence-corrected chi connectivity index (χ1v) is 3.48. The average Bonchev–Trinajstić information content (AvgIpc) is 2.03. The van der Waals surface area contributed by atoms with Gasteiger partial charge in [-0.05, 0) is 17.7 Å². The van der Waals surface area contributed by atoms with E-state index in [1.807, 2.05) is 20.2 Å². The summed E-state index contributed by atoms with van der Waals surface area (Å²) in [4.78, 5) is 0. The second-order valence-corrected chi connectivity index (χ2v) is 2.31. The maximum atomic E-state index is 12.7. The molecule has 0 bridgehead atoms. The van der Waals surface area contributed by atoms with E-state index in [1.165, 1.54) is 12.1 Å². The zero-order valence-corrected chi connectivity index (χ0v) is 6.47. The normalized spacial score (nSPS) is 9.27. The third kappa shape index (κ3) is 1.94. The third-order valence-electron chi connectivity index (χ3n) is 1.51. The lowest BCUT2D eigenvalue weighted by Gasteiger charge is -1.98. The highest BCUT2D eigenvalue weighted by Crippen LogP contribution is 2.02. The van der Waals surface area contributed by atoms with Crippen LogP contribution >= 0.6 is 0 Å². The van der Waals surface area contributed by atoms with Gasteiger partial charge in [0.2, 0.25) is 0 Å². The molecule has 0 saturated carbocycles. The molecule has 0 fully saturated rings. The van der Waals surface area contributed by atoms with E-state index < -0.39 is 0 Å². The summed E-state index contributed by atoms with van der Waals surface area (Å²) in [7, 11) is 1.86. The fourth-order valence-corrected chi connectivity index (χ4v) is 0.920. The Kier molecular flexibility index (Phi) is 2.47. The summed E-state index contributed by atoms with van der Waals surface area (Å²) >= 11 is 0. The molecule has 1 aromatic carbocycles. The van der Waals surface area contributed by atoms with Gasteiger partial charge in [-0.1, -0.05) is 31.0 Å². The molecule has 1 aromatic rings. The topological polar surface area (TPSA) is 0 Å². The van der Waals surface area contributed by atoms with Crippen LogP contribution in [-0.2, 0) is 0 Å². The van der Waals surface area contributed by atoms with E-state index >= 15 is 0 Å². The zero-order chi connectivity index (χ0) is 8.27. The first kappa shape index (κ1) is 8.06. The summed E-state index contributed by atoms with van der Waals surface area (Å²) in [6.07, 6.45) is 1.64. The second kappa shape index (κ2) is 3.38. The van der Waals surface area contributed by atoms with E-state index in [0.29, 0.717) is 0 Å². The molecule has 11 heavy (non-hydrogen) atoms. The lowest BCUT2D eigenvalue weighted by atomic mass is 9.73. The molecule has 0 unspecified atom stereocenters. The van der Waals surface area contributed by atoms with Crippen molar-refractivity contribution in [3.63, 3.8) is 0 Å². The van der Waals surface area contributed by atoms with Crippen LogP contribution in [-0.4, -0.2) is 7.28 Å². The maximum absolute atomic E-state index is 12.7.